The van der Waals surface area contributed by atoms with Crippen molar-refractivity contribution < 1.29 is 0 Å². The minimum absolute atomic E-state index is 0.218. The fourth-order valence-corrected chi connectivity index (χ4v) is 2.53. The Morgan fingerprint density at radius 1 is 1.21 bits per heavy atom. The Morgan fingerprint density at radius 2 is 1.93 bits per heavy atom. The monoisotopic (exact) mass is 190 g/mol. The SMILES string of the molecule is NCC1(c2cccc(N)c2)CCCC1. The van der Waals surface area contributed by atoms with Crippen molar-refractivity contribution in [1.29, 1.82) is 0 Å². The van der Waals surface area contributed by atoms with Crippen molar-refractivity contribution >= 4 is 5.69 Å². The van der Waals surface area contributed by atoms with Crippen LogP contribution in [0.15, 0.2) is 24.3 Å². The maximum Gasteiger partial charge on any atom is 0.0316 e. The van der Waals surface area contributed by atoms with E-state index in [0.717, 1.165) is 12.2 Å². The zero-order chi connectivity index (χ0) is 10.0. The van der Waals surface area contributed by atoms with Crippen molar-refractivity contribution in [3.63, 3.8) is 0 Å². The molecule has 0 heterocycles. The van der Waals surface area contributed by atoms with Crippen molar-refractivity contribution in [1.82, 2.24) is 0 Å². The van der Waals surface area contributed by atoms with Gasteiger partial charge in [0.1, 0.15) is 0 Å². The van der Waals surface area contributed by atoms with Gasteiger partial charge in [-0.15, -0.1) is 0 Å². The van der Waals surface area contributed by atoms with Crippen molar-refractivity contribution in [2.75, 3.05) is 12.3 Å². The van der Waals surface area contributed by atoms with Gasteiger partial charge in [0.05, 0.1) is 0 Å². The summed E-state index contributed by atoms with van der Waals surface area (Å²) in [5, 5.41) is 0. The van der Waals surface area contributed by atoms with Gasteiger partial charge in [0, 0.05) is 17.6 Å². The van der Waals surface area contributed by atoms with Crippen molar-refractivity contribution in [2.24, 2.45) is 5.73 Å². The van der Waals surface area contributed by atoms with Crippen LogP contribution in [0.4, 0.5) is 5.69 Å². The summed E-state index contributed by atoms with van der Waals surface area (Å²) in [7, 11) is 0. The first-order valence-corrected chi connectivity index (χ1v) is 5.33. The number of hydrogen-bond donors (Lipinski definition) is 2. The van der Waals surface area contributed by atoms with Gasteiger partial charge in [-0.1, -0.05) is 25.0 Å². The summed E-state index contributed by atoms with van der Waals surface area (Å²) in [6.07, 6.45) is 5.03. The number of benzene rings is 1. The van der Waals surface area contributed by atoms with E-state index >= 15 is 0 Å². The lowest BCUT2D eigenvalue weighted by Gasteiger charge is -2.28. The molecule has 1 aromatic rings. The molecule has 0 radical (unpaired) electrons. The van der Waals surface area contributed by atoms with Crippen LogP contribution in [0.3, 0.4) is 0 Å². The first-order chi connectivity index (χ1) is 6.77. The summed E-state index contributed by atoms with van der Waals surface area (Å²) in [5.41, 5.74) is 14.1. The molecule has 14 heavy (non-hydrogen) atoms. The number of rotatable bonds is 2. The van der Waals surface area contributed by atoms with E-state index in [1.165, 1.54) is 31.2 Å². The topological polar surface area (TPSA) is 52.0 Å². The van der Waals surface area contributed by atoms with Crippen LogP contribution in [0.25, 0.3) is 0 Å². The molecule has 76 valence electrons. The third-order valence-electron chi connectivity index (χ3n) is 3.45. The number of nitrogen functional groups attached to an aromatic ring is 1. The molecule has 2 heteroatoms. The maximum absolute atomic E-state index is 5.91. The van der Waals surface area contributed by atoms with Gasteiger partial charge < -0.3 is 11.5 Å². The molecular weight excluding hydrogens is 172 g/mol. The van der Waals surface area contributed by atoms with Gasteiger partial charge in [-0.25, -0.2) is 0 Å². The zero-order valence-electron chi connectivity index (χ0n) is 8.50. The summed E-state index contributed by atoms with van der Waals surface area (Å²) in [6, 6.07) is 8.20. The summed E-state index contributed by atoms with van der Waals surface area (Å²) < 4.78 is 0. The zero-order valence-corrected chi connectivity index (χ0v) is 8.50. The molecule has 2 nitrogen and oxygen atoms in total. The molecule has 4 N–H and O–H groups in total. The average Bonchev–Trinajstić information content (AvgIpc) is 2.67. The van der Waals surface area contributed by atoms with E-state index in [1.807, 2.05) is 12.1 Å². The second-order valence-corrected chi connectivity index (χ2v) is 4.32. The van der Waals surface area contributed by atoms with E-state index in [0.29, 0.717) is 0 Å². The van der Waals surface area contributed by atoms with Gasteiger partial charge in [-0.2, -0.15) is 0 Å². The third kappa shape index (κ3) is 1.50. The van der Waals surface area contributed by atoms with Crippen molar-refractivity contribution in [3.05, 3.63) is 29.8 Å². The molecule has 0 aliphatic heterocycles. The van der Waals surface area contributed by atoms with Crippen molar-refractivity contribution in [3.8, 4) is 0 Å². The van der Waals surface area contributed by atoms with Gasteiger partial charge in [-0.05, 0) is 30.5 Å². The molecule has 0 unspecified atom stereocenters. The second kappa shape index (κ2) is 3.62. The van der Waals surface area contributed by atoms with E-state index in [-0.39, 0.29) is 5.41 Å². The van der Waals surface area contributed by atoms with Gasteiger partial charge in [0.15, 0.2) is 0 Å². The minimum Gasteiger partial charge on any atom is -0.399 e. The van der Waals surface area contributed by atoms with E-state index in [1.54, 1.807) is 0 Å². The number of hydrogen-bond acceptors (Lipinski definition) is 2. The number of anilines is 1. The lowest BCUT2D eigenvalue weighted by molar-refractivity contribution is 0.453. The van der Waals surface area contributed by atoms with Crippen LogP contribution in [-0.4, -0.2) is 6.54 Å². The smallest absolute Gasteiger partial charge is 0.0316 e. The molecule has 1 aliphatic carbocycles. The molecule has 0 spiro atoms. The van der Waals surface area contributed by atoms with Crippen LogP contribution >= 0.6 is 0 Å². The molecule has 0 aromatic heterocycles. The summed E-state index contributed by atoms with van der Waals surface area (Å²) in [4.78, 5) is 0. The molecule has 0 bridgehead atoms. The molecule has 0 atom stereocenters. The quantitative estimate of drug-likeness (QED) is 0.701. The lowest BCUT2D eigenvalue weighted by Crippen LogP contribution is -2.31. The third-order valence-corrected chi connectivity index (χ3v) is 3.45. The van der Waals surface area contributed by atoms with E-state index in [9.17, 15) is 0 Å². The molecule has 1 saturated carbocycles. The predicted molar refractivity (Wildman–Crippen MR) is 60.1 cm³/mol. The lowest BCUT2D eigenvalue weighted by atomic mass is 9.79. The first kappa shape index (κ1) is 9.53. The van der Waals surface area contributed by atoms with Gasteiger partial charge in [-0.3, -0.25) is 0 Å². The van der Waals surface area contributed by atoms with Crippen LogP contribution in [0.2, 0.25) is 0 Å². The second-order valence-electron chi connectivity index (χ2n) is 4.32. The molecule has 1 aliphatic rings. The Balaban J connectivity index is 2.35. The summed E-state index contributed by atoms with van der Waals surface area (Å²) in [5.74, 6) is 0. The van der Waals surface area contributed by atoms with Crippen molar-refractivity contribution in [2.45, 2.75) is 31.1 Å². The minimum atomic E-state index is 0.218. The van der Waals surface area contributed by atoms with Crippen LogP contribution < -0.4 is 11.5 Å². The van der Waals surface area contributed by atoms with Crippen LogP contribution in [-0.2, 0) is 5.41 Å². The molecule has 1 aromatic carbocycles. The van der Waals surface area contributed by atoms with Crippen LogP contribution in [0.1, 0.15) is 31.2 Å². The highest BCUT2D eigenvalue weighted by molar-refractivity contribution is 5.44. The average molecular weight is 190 g/mol. The Labute approximate surface area is 85.3 Å². The summed E-state index contributed by atoms with van der Waals surface area (Å²) >= 11 is 0. The molecular formula is C12H18N2. The maximum atomic E-state index is 5.91. The molecule has 0 saturated heterocycles. The Kier molecular flexibility index (Phi) is 2.46. The van der Waals surface area contributed by atoms with Gasteiger partial charge in [0.2, 0.25) is 0 Å². The number of nitrogens with two attached hydrogens (primary N) is 2. The standard InChI is InChI=1S/C12H18N2/c13-9-12(6-1-2-7-12)10-4-3-5-11(14)8-10/h3-5,8H,1-2,6-7,9,13-14H2. The van der Waals surface area contributed by atoms with E-state index < -0.39 is 0 Å². The molecule has 1 fully saturated rings. The summed E-state index contributed by atoms with van der Waals surface area (Å²) in [6.45, 7) is 0.746. The molecule has 0 amide bonds. The fourth-order valence-electron chi connectivity index (χ4n) is 2.53. The molecule has 2 rings (SSSR count). The van der Waals surface area contributed by atoms with E-state index in [4.69, 9.17) is 11.5 Å². The Morgan fingerprint density at radius 3 is 2.50 bits per heavy atom. The first-order valence-electron chi connectivity index (χ1n) is 5.33. The van der Waals surface area contributed by atoms with Gasteiger partial charge >= 0.3 is 0 Å². The van der Waals surface area contributed by atoms with Crippen LogP contribution in [0, 0.1) is 0 Å². The fraction of sp³-hybridized carbons (Fsp3) is 0.500. The Bertz CT molecular complexity index is 314. The highest BCUT2D eigenvalue weighted by atomic mass is 14.6. The highest BCUT2D eigenvalue weighted by Crippen LogP contribution is 2.40. The van der Waals surface area contributed by atoms with E-state index in [2.05, 4.69) is 12.1 Å². The highest BCUT2D eigenvalue weighted by Gasteiger charge is 2.33. The van der Waals surface area contributed by atoms with Crippen LogP contribution in [0.5, 0.6) is 0 Å². The Hall–Kier alpha value is -1.02. The normalized spacial score (nSPS) is 19.8. The predicted octanol–water partition coefficient (Wildman–Crippen LogP) is 2.04. The largest absolute Gasteiger partial charge is 0.399 e. The van der Waals surface area contributed by atoms with Gasteiger partial charge in [0.25, 0.3) is 0 Å².